The lowest BCUT2D eigenvalue weighted by Gasteiger charge is -2.40. The number of rotatable bonds is 70. The Morgan fingerprint density at radius 2 is 0.670 bits per heavy atom. The fourth-order valence-electron chi connectivity index (χ4n) is 13.1. The van der Waals surface area contributed by atoms with Gasteiger partial charge in [-0.15, -0.1) is 0 Å². The number of carbonyl (C=O) groups is 1. The Morgan fingerprint density at radius 1 is 0.386 bits per heavy atom. The molecule has 524 valence electrons. The first-order chi connectivity index (χ1) is 43.2. The zero-order valence-electron chi connectivity index (χ0n) is 58.3. The summed E-state index contributed by atoms with van der Waals surface area (Å²) < 4.78 is 11.2. The molecule has 1 saturated heterocycles. The molecule has 0 bridgehead atoms. The Morgan fingerprint density at radius 3 is 0.977 bits per heavy atom. The van der Waals surface area contributed by atoms with E-state index in [0.717, 1.165) is 38.5 Å². The van der Waals surface area contributed by atoms with E-state index in [9.17, 15) is 40.5 Å². The molecule has 0 spiro atoms. The van der Waals surface area contributed by atoms with Crippen molar-refractivity contribution in [2.24, 2.45) is 0 Å². The topological polar surface area (TPSA) is 189 Å². The third kappa shape index (κ3) is 52.3. The highest BCUT2D eigenvalue weighted by molar-refractivity contribution is 5.80. The number of nitrogens with one attached hydrogen (secondary N) is 1. The van der Waals surface area contributed by atoms with Crippen LogP contribution in [-0.4, -0.2) is 110 Å². The standard InChI is InChI=1S/C77H151NO10/c1-3-5-7-9-11-13-15-17-19-21-23-25-27-28-29-30-31-32-33-34-35-36-37-38-39-40-41-43-45-47-49-51-53-55-57-59-61-63-65-70(81)76(86)78-68(67-87-77-75(85)74(84)73(83)71(66-79)88-77)72(82)69(80)64-62-60-58-56-54-52-50-48-46-44-42-26-24-22-20-18-16-14-12-10-8-6-4-2/h56,58,68-75,77,79-85H,3-55,57,59-67H2,1-2H3,(H,78,86)/b58-56+. The summed E-state index contributed by atoms with van der Waals surface area (Å²) in [7, 11) is 0. The largest absolute Gasteiger partial charge is 0.394 e. The van der Waals surface area contributed by atoms with Gasteiger partial charge < -0.3 is 50.5 Å². The maximum atomic E-state index is 13.3. The van der Waals surface area contributed by atoms with Gasteiger partial charge in [0.1, 0.15) is 36.6 Å². The second kappa shape index (κ2) is 65.9. The molecule has 0 aromatic carbocycles. The lowest BCUT2D eigenvalue weighted by atomic mass is 9.98. The second-order valence-electron chi connectivity index (χ2n) is 27.8. The third-order valence-corrected chi connectivity index (χ3v) is 19.3. The summed E-state index contributed by atoms with van der Waals surface area (Å²) in [5.41, 5.74) is 0. The van der Waals surface area contributed by atoms with E-state index in [1.165, 1.54) is 327 Å². The molecule has 0 aromatic rings. The highest BCUT2D eigenvalue weighted by Gasteiger charge is 2.44. The summed E-state index contributed by atoms with van der Waals surface area (Å²) in [6, 6.07) is -1.18. The maximum absolute atomic E-state index is 13.3. The van der Waals surface area contributed by atoms with Gasteiger partial charge in [-0.2, -0.15) is 0 Å². The average molecular weight is 1250 g/mol. The minimum Gasteiger partial charge on any atom is -0.394 e. The summed E-state index contributed by atoms with van der Waals surface area (Å²) in [6.07, 6.45) is 72.0. The van der Waals surface area contributed by atoms with Crippen molar-refractivity contribution < 1.29 is 50.0 Å². The first kappa shape index (κ1) is 84.9. The molecular formula is C77H151NO10. The SMILES string of the molecule is CCCCCCCCCCCCCCCCCCCC/C=C/CCCC(O)C(O)C(COC1OC(CO)C(O)C(O)C1O)NC(=O)C(O)CCCCCCCCCCCCCCCCCCCCCCCCCCCCCCCCCCCCCCCC. The number of ether oxygens (including phenoxy) is 2. The van der Waals surface area contributed by atoms with Crippen molar-refractivity contribution in [3.8, 4) is 0 Å². The van der Waals surface area contributed by atoms with Crippen molar-refractivity contribution in [1.82, 2.24) is 5.32 Å². The van der Waals surface area contributed by atoms with Crippen molar-refractivity contribution in [3.63, 3.8) is 0 Å². The summed E-state index contributed by atoms with van der Waals surface area (Å²) in [5, 5.41) is 76.6. The normalized spacial score (nSPS) is 18.6. The van der Waals surface area contributed by atoms with Gasteiger partial charge in [0, 0.05) is 0 Å². The maximum Gasteiger partial charge on any atom is 0.249 e. The van der Waals surface area contributed by atoms with Gasteiger partial charge in [0.2, 0.25) is 5.91 Å². The van der Waals surface area contributed by atoms with Crippen LogP contribution in [0.3, 0.4) is 0 Å². The zero-order valence-corrected chi connectivity index (χ0v) is 58.3. The van der Waals surface area contributed by atoms with E-state index in [0.29, 0.717) is 12.8 Å². The number of hydrogen-bond acceptors (Lipinski definition) is 10. The Bertz CT molecular complexity index is 1440. The van der Waals surface area contributed by atoms with Crippen LogP contribution in [0, 0.1) is 0 Å². The highest BCUT2D eigenvalue weighted by Crippen LogP contribution is 2.24. The smallest absolute Gasteiger partial charge is 0.249 e. The van der Waals surface area contributed by atoms with E-state index in [4.69, 9.17) is 9.47 Å². The van der Waals surface area contributed by atoms with Crippen LogP contribution in [-0.2, 0) is 14.3 Å². The predicted octanol–water partition coefficient (Wildman–Crippen LogP) is 19.8. The highest BCUT2D eigenvalue weighted by atomic mass is 16.7. The summed E-state index contributed by atoms with van der Waals surface area (Å²) in [4.78, 5) is 13.3. The predicted molar refractivity (Wildman–Crippen MR) is 372 cm³/mol. The molecule has 0 aromatic heterocycles. The molecule has 8 N–H and O–H groups in total. The van der Waals surface area contributed by atoms with E-state index in [2.05, 4.69) is 31.3 Å². The molecule has 9 atom stereocenters. The fraction of sp³-hybridized carbons (Fsp3) is 0.961. The number of unbranched alkanes of at least 4 members (excludes halogenated alkanes) is 56. The molecule has 9 unspecified atom stereocenters. The van der Waals surface area contributed by atoms with Gasteiger partial charge in [-0.25, -0.2) is 0 Å². The van der Waals surface area contributed by atoms with E-state index in [-0.39, 0.29) is 12.8 Å². The Labute approximate surface area is 544 Å². The van der Waals surface area contributed by atoms with E-state index < -0.39 is 74.2 Å². The zero-order chi connectivity index (χ0) is 63.9. The fourth-order valence-corrected chi connectivity index (χ4v) is 13.1. The van der Waals surface area contributed by atoms with Crippen LogP contribution in [0.5, 0.6) is 0 Å². The van der Waals surface area contributed by atoms with Crippen LogP contribution in [0.4, 0.5) is 0 Å². The van der Waals surface area contributed by atoms with Gasteiger partial charge in [-0.05, 0) is 38.5 Å². The molecule has 11 nitrogen and oxygen atoms in total. The second-order valence-corrected chi connectivity index (χ2v) is 27.8. The van der Waals surface area contributed by atoms with Crippen LogP contribution in [0.15, 0.2) is 12.2 Å². The van der Waals surface area contributed by atoms with Gasteiger partial charge in [-0.3, -0.25) is 4.79 Å². The first-order valence-corrected chi connectivity index (χ1v) is 39.1. The molecule has 1 aliphatic heterocycles. The van der Waals surface area contributed by atoms with Gasteiger partial charge >= 0.3 is 0 Å². The number of aliphatic hydroxyl groups is 7. The van der Waals surface area contributed by atoms with E-state index in [1.807, 2.05) is 0 Å². The van der Waals surface area contributed by atoms with Crippen molar-refractivity contribution in [2.75, 3.05) is 13.2 Å². The molecule has 11 heteroatoms. The molecule has 1 heterocycles. The molecule has 88 heavy (non-hydrogen) atoms. The van der Waals surface area contributed by atoms with Gasteiger partial charge in [0.25, 0.3) is 0 Å². The molecule has 1 fully saturated rings. The summed E-state index contributed by atoms with van der Waals surface area (Å²) >= 11 is 0. The molecule has 0 saturated carbocycles. The lowest BCUT2D eigenvalue weighted by Crippen LogP contribution is -2.60. The Balaban J connectivity index is 2.11. The molecule has 0 radical (unpaired) electrons. The Hall–Kier alpha value is -1.15. The first-order valence-electron chi connectivity index (χ1n) is 39.1. The molecule has 1 amide bonds. The molecular weight excluding hydrogens is 1100 g/mol. The quantitative estimate of drug-likeness (QED) is 0.0215. The van der Waals surface area contributed by atoms with Gasteiger partial charge in [0.15, 0.2) is 6.29 Å². The number of carbonyl (C=O) groups excluding carboxylic acids is 1. The number of amides is 1. The monoisotopic (exact) mass is 1250 g/mol. The molecule has 1 rings (SSSR count). The average Bonchev–Trinajstić information content (AvgIpc) is 2.77. The van der Waals surface area contributed by atoms with E-state index >= 15 is 0 Å². The Kier molecular flexibility index (Phi) is 63.5. The van der Waals surface area contributed by atoms with E-state index in [1.54, 1.807) is 0 Å². The van der Waals surface area contributed by atoms with Crippen molar-refractivity contribution in [1.29, 1.82) is 0 Å². The van der Waals surface area contributed by atoms with Crippen molar-refractivity contribution >= 4 is 5.91 Å². The number of allylic oxidation sites excluding steroid dienone is 2. The number of aliphatic hydroxyl groups excluding tert-OH is 7. The minimum atomic E-state index is -1.67. The number of hydrogen-bond donors (Lipinski definition) is 8. The molecule has 1 aliphatic rings. The van der Waals surface area contributed by atoms with Crippen LogP contribution in [0.25, 0.3) is 0 Å². The van der Waals surface area contributed by atoms with Gasteiger partial charge in [-0.1, -0.05) is 379 Å². The lowest BCUT2D eigenvalue weighted by molar-refractivity contribution is -0.303. The van der Waals surface area contributed by atoms with Crippen LogP contribution < -0.4 is 5.32 Å². The molecule has 0 aliphatic carbocycles. The summed E-state index contributed by atoms with van der Waals surface area (Å²) in [5.74, 6) is -0.697. The van der Waals surface area contributed by atoms with Crippen molar-refractivity contribution in [3.05, 3.63) is 12.2 Å². The van der Waals surface area contributed by atoms with Crippen LogP contribution >= 0.6 is 0 Å². The third-order valence-electron chi connectivity index (χ3n) is 19.3. The van der Waals surface area contributed by atoms with Crippen molar-refractivity contribution in [2.45, 2.75) is 461 Å². The van der Waals surface area contributed by atoms with Crippen LogP contribution in [0.2, 0.25) is 0 Å². The minimum absolute atomic E-state index is 0.260. The van der Waals surface area contributed by atoms with Gasteiger partial charge in [0.05, 0.1) is 25.4 Å². The van der Waals surface area contributed by atoms with Crippen LogP contribution in [0.1, 0.15) is 406 Å². The summed E-state index contributed by atoms with van der Waals surface area (Å²) in [6.45, 7) is 3.52.